The van der Waals surface area contributed by atoms with Gasteiger partial charge < -0.3 is 25.8 Å². The molecule has 0 aliphatic rings. The third-order valence-electron chi connectivity index (χ3n) is 7.39. The van der Waals surface area contributed by atoms with Crippen molar-refractivity contribution in [1.29, 1.82) is 0 Å². The molecule has 0 aromatic heterocycles. The molecule has 0 atom stereocenters. The average molecular weight is 636 g/mol. The Balaban J connectivity index is 1.40. The van der Waals surface area contributed by atoms with Crippen LogP contribution in [0.25, 0.3) is 10.8 Å². The molecule has 6 aromatic carbocycles. The van der Waals surface area contributed by atoms with Gasteiger partial charge in [-0.2, -0.15) is 0 Å². The van der Waals surface area contributed by atoms with Crippen molar-refractivity contribution >= 4 is 56.9 Å². The molecule has 10 heteroatoms. The molecule has 0 spiro atoms. The fourth-order valence-corrected chi connectivity index (χ4v) is 4.97. The highest BCUT2D eigenvalue weighted by Crippen LogP contribution is 2.41. The summed E-state index contributed by atoms with van der Waals surface area (Å²) >= 11 is 0. The van der Waals surface area contributed by atoms with Crippen LogP contribution in [0, 0.1) is 0 Å². The average Bonchev–Trinajstić information content (AvgIpc) is 3.12. The normalized spacial score (nSPS) is 10.9. The lowest BCUT2D eigenvalue weighted by molar-refractivity contribution is 0.101. The molecular weight excluding hydrogens is 606 g/mol. The number of benzene rings is 6. The van der Waals surface area contributed by atoms with Crippen LogP contribution >= 0.6 is 0 Å². The Morgan fingerprint density at radius 3 is 1.62 bits per heavy atom. The lowest BCUT2D eigenvalue weighted by Crippen LogP contribution is -2.13. The molecule has 48 heavy (non-hydrogen) atoms. The second-order valence-electron chi connectivity index (χ2n) is 10.6. The van der Waals surface area contributed by atoms with Gasteiger partial charge in [-0.15, -0.1) is 10.2 Å². The number of aromatic hydroxyl groups is 1. The van der Waals surface area contributed by atoms with E-state index in [4.69, 9.17) is 4.74 Å². The van der Waals surface area contributed by atoms with Gasteiger partial charge >= 0.3 is 0 Å². The number of nitrogens with one attached hydrogen (secondary N) is 3. The maximum Gasteiger partial charge on any atom is 0.259 e. The highest BCUT2D eigenvalue weighted by Gasteiger charge is 2.20. The summed E-state index contributed by atoms with van der Waals surface area (Å²) in [6.07, 6.45) is 0. The number of carbonyl (C=O) groups is 3. The molecule has 236 valence electrons. The number of para-hydroxylation sites is 3. The smallest absolute Gasteiger partial charge is 0.259 e. The maximum absolute atomic E-state index is 13.4. The number of methoxy groups -OCH3 is 1. The molecule has 0 bridgehead atoms. The van der Waals surface area contributed by atoms with Crippen molar-refractivity contribution in [3.8, 4) is 11.5 Å². The minimum atomic E-state index is -0.589. The largest absolute Gasteiger partial charge is 0.505 e. The number of azo groups is 1. The Hall–Kier alpha value is -6.81. The van der Waals surface area contributed by atoms with E-state index in [0.29, 0.717) is 44.7 Å². The van der Waals surface area contributed by atoms with Crippen LogP contribution in [0.2, 0.25) is 0 Å². The Kier molecular flexibility index (Phi) is 9.15. The predicted octanol–water partition coefficient (Wildman–Crippen LogP) is 8.73. The number of hydrogen-bond donors (Lipinski definition) is 4. The number of rotatable bonds is 9. The maximum atomic E-state index is 13.4. The lowest BCUT2D eigenvalue weighted by Gasteiger charge is -2.13. The van der Waals surface area contributed by atoms with E-state index in [1.165, 1.54) is 19.2 Å². The van der Waals surface area contributed by atoms with Crippen LogP contribution in [0.3, 0.4) is 0 Å². The van der Waals surface area contributed by atoms with Gasteiger partial charge in [0.25, 0.3) is 17.7 Å². The molecule has 6 rings (SSSR count). The SMILES string of the molecule is COc1ccc(C(=O)Nc2ccccc2)cc1N=Nc1c(O)c(C(=O)Nc2ccccc2)cc2cc(C(=O)Nc3ccccc3)ccc12. The van der Waals surface area contributed by atoms with E-state index in [2.05, 4.69) is 26.2 Å². The number of amides is 3. The molecule has 0 fully saturated rings. The van der Waals surface area contributed by atoms with Crippen molar-refractivity contribution in [2.75, 3.05) is 23.1 Å². The zero-order valence-electron chi connectivity index (χ0n) is 25.7. The third-order valence-corrected chi connectivity index (χ3v) is 7.39. The summed E-state index contributed by atoms with van der Waals surface area (Å²) in [4.78, 5) is 39.6. The summed E-state index contributed by atoms with van der Waals surface area (Å²) in [5.41, 5.74) is 2.52. The predicted molar refractivity (Wildman–Crippen MR) is 186 cm³/mol. The van der Waals surface area contributed by atoms with Gasteiger partial charge in [0.05, 0.1) is 12.7 Å². The van der Waals surface area contributed by atoms with Gasteiger partial charge in [-0.1, -0.05) is 60.7 Å². The van der Waals surface area contributed by atoms with Crippen LogP contribution in [-0.4, -0.2) is 29.9 Å². The van der Waals surface area contributed by atoms with Gasteiger partial charge in [0.1, 0.15) is 17.1 Å². The molecule has 0 unspecified atom stereocenters. The minimum Gasteiger partial charge on any atom is -0.505 e. The van der Waals surface area contributed by atoms with Crippen LogP contribution < -0.4 is 20.7 Å². The topological polar surface area (TPSA) is 141 Å². The summed E-state index contributed by atoms with van der Waals surface area (Å²) < 4.78 is 5.47. The Labute approximate surface area is 275 Å². The highest BCUT2D eigenvalue weighted by molar-refractivity contribution is 6.13. The van der Waals surface area contributed by atoms with Crippen molar-refractivity contribution in [2.24, 2.45) is 10.2 Å². The van der Waals surface area contributed by atoms with Crippen molar-refractivity contribution < 1.29 is 24.2 Å². The Morgan fingerprint density at radius 1 is 0.583 bits per heavy atom. The van der Waals surface area contributed by atoms with Crippen LogP contribution in [0.1, 0.15) is 31.1 Å². The summed E-state index contributed by atoms with van der Waals surface area (Å²) in [7, 11) is 1.46. The van der Waals surface area contributed by atoms with Gasteiger partial charge in [0.15, 0.2) is 5.75 Å². The van der Waals surface area contributed by atoms with Crippen molar-refractivity contribution in [1.82, 2.24) is 0 Å². The van der Waals surface area contributed by atoms with Crippen molar-refractivity contribution in [3.05, 3.63) is 150 Å². The fraction of sp³-hybridized carbons (Fsp3) is 0.0263. The molecule has 10 nitrogen and oxygen atoms in total. The number of anilines is 3. The summed E-state index contributed by atoms with van der Waals surface area (Å²) in [6, 6.07) is 37.9. The van der Waals surface area contributed by atoms with Crippen LogP contribution in [0.15, 0.2) is 144 Å². The second kappa shape index (κ2) is 14.1. The standard InChI is InChI=1S/C38H29N5O5/c1-48-33-20-18-25(37(46)40-28-13-7-3-8-14-28)23-32(33)42-43-34-30-19-17-24(36(45)39-27-11-5-2-6-12-27)21-26(30)22-31(35(34)44)38(47)41-29-15-9-4-10-16-29/h2-23,44H,1H3,(H,39,45)(H,40,46)(H,41,47). The van der Waals surface area contributed by atoms with Gasteiger partial charge in [0, 0.05) is 33.6 Å². The zero-order chi connectivity index (χ0) is 33.5. The number of carbonyl (C=O) groups excluding carboxylic acids is 3. The monoisotopic (exact) mass is 635 g/mol. The van der Waals surface area contributed by atoms with Crippen molar-refractivity contribution in [2.45, 2.75) is 0 Å². The summed E-state index contributed by atoms with van der Waals surface area (Å²) in [5, 5.41) is 29.5. The first-order valence-corrected chi connectivity index (χ1v) is 14.9. The van der Waals surface area contributed by atoms with E-state index in [1.807, 2.05) is 42.5 Å². The first-order valence-electron chi connectivity index (χ1n) is 14.9. The van der Waals surface area contributed by atoms with E-state index in [1.54, 1.807) is 78.9 Å². The molecule has 0 saturated heterocycles. The molecule has 0 aliphatic heterocycles. The third kappa shape index (κ3) is 7.03. The number of phenols is 1. The Morgan fingerprint density at radius 2 is 1.08 bits per heavy atom. The zero-order valence-corrected chi connectivity index (χ0v) is 25.7. The number of fused-ring (bicyclic) bond motifs is 1. The first-order chi connectivity index (χ1) is 23.4. The van der Waals surface area contributed by atoms with Crippen LogP contribution in [0.4, 0.5) is 28.4 Å². The molecule has 0 aliphatic carbocycles. The van der Waals surface area contributed by atoms with Gasteiger partial charge in [-0.25, -0.2) is 0 Å². The van der Waals surface area contributed by atoms with E-state index in [-0.39, 0.29) is 28.8 Å². The van der Waals surface area contributed by atoms with E-state index in [0.717, 1.165) is 0 Å². The van der Waals surface area contributed by atoms with E-state index >= 15 is 0 Å². The molecule has 0 heterocycles. The summed E-state index contributed by atoms with van der Waals surface area (Å²) in [6.45, 7) is 0. The number of nitrogens with zero attached hydrogens (tertiary/aromatic N) is 2. The number of ether oxygens (including phenoxy) is 1. The molecule has 4 N–H and O–H groups in total. The quantitative estimate of drug-likeness (QED) is 0.118. The number of phenolic OH excluding ortho intramolecular Hbond substituents is 1. The van der Waals surface area contributed by atoms with E-state index < -0.39 is 11.7 Å². The van der Waals surface area contributed by atoms with Crippen molar-refractivity contribution in [3.63, 3.8) is 0 Å². The highest BCUT2D eigenvalue weighted by atomic mass is 16.5. The summed E-state index contributed by atoms with van der Waals surface area (Å²) in [5.74, 6) is -1.40. The van der Waals surface area contributed by atoms with E-state index in [9.17, 15) is 19.5 Å². The van der Waals surface area contributed by atoms with Gasteiger partial charge in [-0.3, -0.25) is 14.4 Å². The fourth-order valence-electron chi connectivity index (χ4n) is 4.97. The van der Waals surface area contributed by atoms with Crippen LogP contribution in [-0.2, 0) is 0 Å². The first kappa shape index (κ1) is 31.2. The van der Waals surface area contributed by atoms with Gasteiger partial charge in [-0.05, 0) is 78.2 Å². The lowest BCUT2D eigenvalue weighted by atomic mass is 10.0. The Bertz CT molecular complexity index is 2150. The molecule has 3 amide bonds. The second-order valence-corrected chi connectivity index (χ2v) is 10.6. The van der Waals surface area contributed by atoms with Gasteiger partial charge in [0.2, 0.25) is 0 Å². The minimum absolute atomic E-state index is 0.0121. The molecular formula is C38H29N5O5. The number of hydrogen-bond acceptors (Lipinski definition) is 7. The molecule has 0 radical (unpaired) electrons. The molecule has 6 aromatic rings. The molecule has 0 saturated carbocycles. The van der Waals surface area contributed by atoms with Crippen LogP contribution in [0.5, 0.6) is 11.5 Å².